The summed E-state index contributed by atoms with van der Waals surface area (Å²) in [5.41, 5.74) is 7.58. The van der Waals surface area contributed by atoms with Gasteiger partial charge in [-0.05, 0) is 55.2 Å². The number of para-hydroxylation sites is 1. The van der Waals surface area contributed by atoms with Gasteiger partial charge in [0.2, 0.25) is 5.91 Å². The summed E-state index contributed by atoms with van der Waals surface area (Å²) in [4.78, 5) is 35.8. The zero-order valence-electron chi connectivity index (χ0n) is 19.0. The summed E-state index contributed by atoms with van der Waals surface area (Å²) in [5.74, 6) is 1.77. The number of halogens is 1. The minimum absolute atomic E-state index is 0.0109. The third-order valence-corrected chi connectivity index (χ3v) is 6.56. The van der Waals surface area contributed by atoms with Crippen molar-refractivity contribution in [3.63, 3.8) is 0 Å². The lowest BCUT2D eigenvalue weighted by Crippen LogP contribution is -2.40. The number of aromatic nitrogens is 4. The SMILES string of the molecule is Nc1ncnc2c1n(-c1ccc(Oc3ccccc3)cc1)c(=O)n2CC1CCN(C(=O)CCl)CC1. The van der Waals surface area contributed by atoms with Crippen LogP contribution in [-0.4, -0.2) is 48.9 Å². The molecule has 0 aliphatic carbocycles. The van der Waals surface area contributed by atoms with Crippen LogP contribution in [0.1, 0.15) is 12.8 Å². The summed E-state index contributed by atoms with van der Waals surface area (Å²) < 4.78 is 9.07. The van der Waals surface area contributed by atoms with Crippen molar-refractivity contribution in [1.29, 1.82) is 0 Å². The Balaban J connectivity index is 1.44. The van der Waals surface area contributed by atoms with Crippen LogP contribution < -0.4 is 16.2 Å². The molecule has 1 fully saturated rings. The molecule has 5 rings (SSSR count). The van der Waals surface area contributed by atoms with Crippen molar-refractivity contribution in [3.8, 4) is 17.2 Å². The van der Waals surface area contributed by atoms with E-state index in [0.29, 0.717) is 42.2 Å². The third-order valence-electron chi connectivity index (χ3n) is 6.33. The van der Waals surface area contributed by atoms with E-state index in [4.69, 9.17) is 22.1 Å². The van der Waals surface area contributed by atoms with Crippen LogP contribution in [-0.2, 0) is 11.3 Å². The molecule has 180 valence electrons. The number of alkyl halides is 1. The van der Waals surface area contributed by atoms with E-state index >= 15 is 0 Å². The van der Waals surface area contributed by atoms with Gasteiger partial charge in [0, 0.05) is 19.6 Å². The molecular weight excluding hydrogens is 468 g/mol. The average Bonchev–Trinajstić information content (AvgIpc) is 3.17. The highest BCUT2D eigenvalue weighted by atomic mass is 35.5. The van der Waals surface area contributed by atoms with Crippen LogP contribution in [0.3, 0.4) is 0 Å². The molecule has 35 heavy (non-hydrogen) atoms. The van der Waals surface area contributed by atoms with Crippen LogP contribution in [0, 0.1) is 5.92 Å². The number of carbonyl (C=O) groups excluding carboxylic acids is 1. The van der Waals surface area contributed by atoms with Gasteiger partial charge in [0.1, 0.15) is 29.2 Å². The topological polar surface area (TPSA) is 108 Å². The monoisotopic (exact) mass is 492 g/mol. The van der Waals surface area contributed by atoms with E-state index in [9.17, 15) is 9.59 Å². The number of ether oxygens (including phenoxy) is 1. The van der Waals surface area contributed by atoms with E-state index < -0.39 is 0 Å². The zero-order valence-corrected chi connectivity index (χ0v) is 19.8. The molecule has 0 atom stereocenters. The number of amides is 1. The van der Waals surface area contributed by atoms with Gasteiger partial charge in [-0.3, -0.25) is 13.9 Å². The van der Waals surface area contributed by atoms with Gasteiger partial charge in [-0.25, -0.2) is 14.8 Å². The highest BCUT2D eigenvalue weighted by Crippen LogP contribution is 2.26. The normalized spacial score (nSPS) is 14.4. The molecule has 0 unspecified atom stereocenters. The van der Waals surface area contributed by atoms with Crippen LogP contribution in [0.2, 0.25) is 0 Å². The molecule has 1 aliphatic heterocycles. The summed E-state index contributed by atoms with van der Waals surface area (Å²) >= 11 is 5.69. The van der Waals surface area contributed by atoms with Gasteiger partial charge < -0.3 is 15.4 Å². The molecule has 3 heterocycles. The molecule has 2 aromatic heterocycles. The number of fused-ring (bicyclic) bond motifs is 1. The van der Waals surface area contributed by atoms with Crippen LogP contribution in [0.4, 0.5) is 5.82 Å². The first-order chi connectivity index (χ1) is 17.0. The number of hydrogen-bond acceptors (Lipinski definition) is 6. The fourth-order valence-corrected chi connectivity index (χ4v) is 4.67. The van der Waals surface area contributed by atoms with E-state index in [2.05, 4.69) is 9.97 Å². The van der Waals surface area contributed by atoms with Crippen LogP contribution >= 0.6 is 11.6 Å². The number of benzene rings is 2. The lowest BCUT2D eigenvalue weighted by molar-refractivity contribution is -0.129. The molecule has 10 heteroatoms. The number of nitrogens with two attached hydrogens (primary N) is 1. The number of rotatable bonds is 6. The minimum atomic E-state index is -0.233. The number of likely N-dealkylation sites (tertiary alicyclic amines) is 1. The number of imidazole rings is 1. The number of carbonyl (C=O) groups is 1. The largest absolute Gasteiger partial charge is 0.457 e. The maximum Gasteiger partial charge on any atom is 0.335 e. The standard InChI is InChI=1S/C25H25ClN6O3/c26-14-21(33)30-12-10-17(11-13-30)15-31-24-22(23(27)28-16-29-24)32(25(31)34)18-6-8-20(9-7-18)35-19-4-2-1-3-5-19/h1-9,16-17H,10-15H2,(H2,27,28,29). The lowest BCUT2D eigenvalue weighted by Gasteiger charge is -2.31. The van der Waals surface area contributed by atoms with Gasteiger partial charge in [0.15, 0.2) is 11.5 Å². The molecule has 0 bridgehead atoms. The zero-order chi connectivity index (χ0) is 24.4. The fraction of sp³-hybridized carbons (Fsp3) is 0.280. The summed E-state index contributed by atoms with van der Waals surface area (Å²) in [6.45, 7) is 1.74. The average molecular weight is 493 g/mol. The van der Waals surface area contributed by atoms with Gasteiger partial charge in [-0.2, -0.15) is 0 Å². The molecule has 0 radical (unpaired) electrons. The predicted molar refractivity (Wildman–Crippen MR) is 134 cm³/mol. The Bertz CT molecular complexity index is 1390. The van der Waals surface area contributed by atoms with Crippen molar-refractivity contribution >= 4 is 34.5 Å². The second-order valence-corrected chi connectivity index (χ2v) is 8.79. The first kappa shape index (κ1) is 22.9. The molecule has 9 nitrogen and oxygen atoms in total. The highest BCUT2D eigenvalue weighted by Gasteiger charge is 2.26. The number of hydrogen-bond donors (Lipinski definition) is 1. The molecule has 1 saturated heterocycles. The van der Waals surface area contributed by atoms with Crippen LogP contribution in [0.25, 0.3) is 16.9 Å². The van der Waals surface area contributed by atoms with Gasteiger partial charge in [-0.1, -0.05) is 18.2 Å². The van der Waals surface area contributed by atoms with Crippen LogP contribution in [0.5, 0.6) is 11.5 Å². The van der Waals surface area contributed by atoms with Crippen molar-refractivity contribution in [2.24, 2.45) is 5.92 Å². The Morgan fingerprint density at radius 3 is 2.40 bits per heavy atom. The molecule has 0 spiro atoms. The van der Waals surface area contributed by atoms with Crippen molar-refractivity contribution < 1.29 is 9.53 Å². The Morgan fingerprint density at radius 1 is 1.03 bits per heavy atom. The van der Waals surface area contributed by atoms with Crippen molar-refractivity contribution in [1.82, 2.24) is 24.0 Å². The van der Waals surface area contributed by atoms with Gasteiger partial charge in [0.05, 0.1) is 5.69 Å². The van der Waals surface area contributed by atoms with E-state index in [-0.39, 0.29) is 29.2 Å². The van der Waals surface area contributed by atoms with Crippen molar-refractivity contribution in [2.45, 2.75) is 19.4 Å². The molecule has 1 amide bonds. The first-order valence-corrected chi connectivity index (χ1v) is 12.0. The first-order valence-electron chi connectivity index (χ1n) is 11.4. The van der Waals surface area contributed by atoms with E-state index in [0.717, 1.165) is 18.6 Å². The van der Waals surface area contributed by atoms with Gasteiger partial charge >= 0.3 is 5.69 Å². The molecule has 2 aromatic carbocycles. The second-order valence-electron chi connectivity index (χ2n) is 8.53. The lowest BCUT2D eigenvalue weighted by atomic mass is 9.96. The van der Waals surface area contributed by atoms with Crippen LogP contribution in [0.15, 0.2) is 65.7 Å². The Kier molecular flexibility index (Phi) is 6.41. The highest BCUT2D eigenvalue weighted by molar-refractivity contribution is 6.27. The van der Waals surface area contributed by atoms with Gasteiger partial charge in [0.25, 0.3) is 0 Å². The summed E-state index contributed by atoms with van der Waals surface area (Å²) in [6, 6.07) is 16.7. The molecule has 1 aliphatic rings. The second kappa shape index (κ2) is 9.79. The number of piperidine rings is 1. The molecule has 0 saturated carbocycles. The predicted octanol–water partition coefficient (Wildman–Crippen LogP) is 3.43. The van der Waals surface area contributed by atoms with Crippen molar-refractivity contribution in [3.05, 3.63) is 71.4 Å². The number of anilines is 1. The Labute approximate surface area is 206 Å². The fourth-order valence-electron chi connectivity index (χ4n) is 4.50. The Hall–Kier alpha value is -3.85. The molecular formula is C25H25ClN6O3. The third kappa shape index (κ3) is 4.59. The summed E-state index contributed by atoms with van der Waals surface area (Å²) in [7, 11) is 0. The summed E-state index contributed by atoms with van der Waals surface area (Å²) in [5, 5.41) is 0. The number of nitrogens with zero attached hydrogens (tertiary/aromatic N) is 5. The molecule has 2 N–H and O–H groups in total. The number of nitrogen functional groups attached to an aromatic ring is 1. The van der Waals surface area contributed by atoms with E-state index in [1.807, 2.05) is 54.6 Å². The quantitative estimate of drug-likeness (QED) is 0.413. The summed E-state index contributed by atoms with van der Waals surface area (Å²) in [6.07, 6.45) is 2.94. The smallest absolute Gasteiger partial charge is 0.335 e. The van der Waals surface area contributed by atoms with Gasteiger partial charge in [-0.15, -0.1) is 11.6 Å². The Morgan fingerprint density at radius 2 is 1.71 bits per heavy atom. The van der Waals surface area contributed by atoms with E-state index in [1.54, 1.807) is 14.0 Å². The minimum Gasteiger partial charge on any atom is -0.457 e. The van der Waals surface area contributed by atoms with Crippen molar-refractivity contribution in [2.75, 3.05) is 24.7 Å². The maximum absolute atomic E-state index is 13.6. The maximum atomic E-state index is 13.6. The van der Waals surface area contributed by atoms with E-state index in [1.165, 1.54) is 6.33 Å². The molecule has 4 aromatic rings.